The third kappa shape index (κ3) is 3.98. The van der Waals surface area contributed by atoms with Gasteiger partial charge in [-0.1, -0.05) is 37.3 Å². The van der Waals surface area contributed by atoms with E-state index < -0.39 is 20.5 Å². The maximum absolute atomic E-state index is 12.4. The fraction of sp³-hybridized carbons (Fsp3) is 0.500. The first-order valence-electron chi connectivity index (χ1n) is 7.70. The first-order valence-corrected chi connectivity index (χ1v) is 9.72. The van der Waals surface area contributed by atoms with E-state index in [0.717, 1.165) is 6.42 Å². The number of hydrogen-bond donors (Lipinski definition) is 1. The van der Waals surface area contributed by atoms with Gasteiger partial charge >= 0.3 is 8.56 Å². The van der Waals surface area contributed by atoms with Gasteiger partial charge in [0.25, 0.3) is 11.9 Å². The largest absolute Gasteiger partial charge is 0.513 e. The molecule has 1 aromatic rings. The molecule has 0 spiro atoms. The maximum Gasteiger partial charge on any atom is 0.513 e. The van der Waals surface area contributed by atoms with E-state index in [9.17, 15) is 9.59 Å². The monoisotopic (exact) mass is 337 g/mol. The molecule has 1 saturated heterocycles. The molecule has 2 N–H and O–H groups in total. The zero-order chi connectivity index (χ0) is 16.9. The third-order valence-electron chi connectivity index (χ3n) is 4.16. The Balaban J connectivity index is 2.20. The van der Waals surface area contributed by atoms with Crippen LogP contribution in [0, 0.1) is 5.41 Å². The summed E-state index contributed by atoms with van der Waals surface area (Å²) in [5.41, 5.74) is 5.69. The van der Waals surface area contributed by atoms with E-state index in [2.05, 4.69) is 0 Å². The second kappa shape index (κ2) is 7.25. The molecule has 1 aliphatic rings. The van der Waals surface area contributed by atoms with Crippen molar-refractivity contribution in [1.82, 2.24) is 0 Å². The standard InChI is InChI=1S/C16H23NO5Si/c1-3-16(10-20-11-16)9-15(19)22-23(12-17,21-13(2)18)14-7-5-4-6-8-14/h4-8H,3,9-12,17H2,1-2H3. The van der Waals surface area contributed by atoms with Crippen LogP contribution < -0.4 is 10.9 Å². The summed E-state index contributed by atoms with van der Waals surface area (Å²) < 4.78 is 16.4. The third-order valence-corrected chi connectivity index (χ3v) is 7.08. The Morgan fingerprint density at radius 2 is 1.91 bits per heavy atom. The summed E-state index contributed by atoms with van der Waals surface area (Å²) in [6, 6.07) is 9.00. The van der Waals surface area contributed by atoms with Gasteiger partial charge in [-0.3, -0.25) is 9.59 Å². The predicted molar refractivity (Wildman–Crippen MR) is 86.9 cm³/mol. The van der Waals surface area contributed by atoms with Gasteiger partial charge in [-0.15, -0.1) is 0 Å². The van der Waals surface area contributed by atoms with E-state index in [1.807, 2.05) is 13.0 Å². The summed E-state index contributed by atoms with van der Waals surface area (Å²) in [7, 11) is -3.34. The molecule has 2 rings (SSSR count). The molecular formula is C16H23NO5Si. The Bertz CT molecular complexity index is 555. The van der Waals surface area contributed by atoms with Crippen molar-refractivity contribution >= 4 is 25.7 Å². The molecule has 0 amide bonds. The van der Waals surface area contributed by atoms with Crippen LogP contribution in [0.15, 0.2) is 30.3 Å². The predicted octanol–water partition coefficient (Wildman–Crippen LogP) is 0.757. The summed E-state index contributed by atoms with van der Waals surface area (Å²) in [5, 5.41) is 0.668. The molecule has 23 heavy (non-hydrogen) atoms. The van der Waals surface area contributed by atoms with Gasteiger partial charge < -0.3 is 19.3 Å². The fourth-order valence-electron chi connectivity index (χ4n) is 2.61. The topological polar surface area (TPSA) is 87.9 Å². The van der Waals surface area contributed by atoms with Crippen molar-refractivity contribution in [3.63, 3.8) is 0 Å². The average molecular weight is 337 g/mol. The molecule has 7 heteroatoms. The lowest BCUT2D eigenvalue weighted by Crippen LogP contribution is -2.62. The Hall–Kier alpha value is -1.70. The molecule has 1 aliphatic heterocycles. The van der Waals surface area contributed by atoms with Crippen molar-refractivity contribution in [1.29, 1.82) is 0 Å². The summed E-state index contributed by atoms with van der Waals surface area (Å²) in [5.74, 6) is -0.895. The molecule has 1 aromatic carbocycles. The van der Waals surface area contributed by atoms with Crippen molar-refractivity contribution < 1.29 is 23.2 Å². The molecule has 0 bridgehead atoms. The number of hydrogen-bond acceptors (Lipinski definition) is 6. The van der Waals surface area contributed by atoms with Gasteiger partial charge in [-0.25, -0.2) is 0 Å². The highest BCUT2D eigenvalue weighted by Crippen LogP contribution is 2.35. The van der Waals surface area contributed by atoms with Gasteiger partial charge in [0.05, 0.1) is 25.8 Å². The summed E-state index contributed by atoms with van der Waals surface area (Å²) >= 11 is 0. The Labute approximate surface area is 137 Å². The number of carbonyl (C=O) groups excluding carboxylic acids is 2. The van der Waals surface area contributed by atoms with Gasteiger partial charge in [0.15, 0.2) is 0 Å². The van der Waals surface area contributed by atoms with Crippen LogP contribution in [0.2, 0.25) is 0 Å². The normalized spacial score (nSPS) is 18.4. The minimum absolute atomic E-state index is 0.0159. The van der Waals surface area contributed by atoms with Gasteiger partial charge in [-0.05, 0) is 6.42 Å². The van der Waals surface area contributed by atoms with Crippen LogP contribution in [0.4, 0.5) is 0 Å². The van der Waals surface area contributed by atoms with E-state index in [0.29, 0.717) is 18.4 Å². The lowest BCUT2D eigenvalue weighted by molar-refractivity contribution is -0.157. The second-order valence-electron chi connectivity index (χ2n) is 5.91. The van der Waals surface area contributed by atoms with Crippen molar-refractivity contribution in [3.05, 3.63) is 30.3 Å². The quantitative estimate of drug-likeness (QED) is 0.739. The van der Waals surface area contributed by atoms with Gasteiger partial charge in [-0.2, -0.15) is 0 Å². The Morgan fingerprint density at radius 1 is 1.26 bits per heavy atom. The van der Waals surface area contributed by atoms with E-state index in [4.69, 9.17) is 19.3 Å². The minimum Gasteiger partial charge on any atom is -0.481 e. The SMILES string of the molecule is CCC1(CC(=O)O[Si](CN)(OC(C)=O)c2ccccc2)COC1. The van der Waals surface area contributed by atoms with Crippen molar-refractivity contribution in [2.75, 3.05) is 19.4 Å². The molecule has 1 atom stereocenters. The lowest BCUT2D eigenvalue weighted by atomic mass is 9.80. The maximum atomic E-state index is 12.4. The van der Waals surface area contributed by atoms with Gasteiger partial charge in [0.1, 0.15) is 0 Å². The molecule has 0 saturated carbocycles. The molecule has 126 valence electrons. The zero-order valence-corrected chi connectivity index (χ0v) is 14.5. The van der Waals surface area contributed by atoms with Crippen LogP contribution in [0.3, 0.4) is 0 Å². The number of ether oxygens (including phenoxy) is 1. The average Bonchev–Trinajstić information content (AvgIpc) is 2.50. The van der Waals surface area contributed by atoms with E-state index in [1.165, 1.54) is 6.92 Å². The van der Waals surface area contributed by atoms with Crippen LogP contribution in [-0.4, -0.2) is 39.9 Å². The molecule has 6 nitrogen and oxygen atoms in total. The molecule has 1 unspecified atom stereocenters. The Kier molecular flexibility index (Phi) is 5.56. The van der Waals surface area contributed by atoms with E-state index in [-0.39, 0.29) is 18.0 Å². The summed E-state index contributed by atoms with van der Waals surface area (Å²) in [6.45, 7) is 4.41. The Morgan fingerprint density at radius 3 is 2.35 bits per heavy atom. The minimum atomic E-state index is -3.34. The van der Waals surface area contributed by atoms with E-state index in [1.54, 1.807) is 24.3 Å². The van der Waals surface area contributed by atoms with Gasteiger partial charge in [0, 0.05) is 17.5 Å². The van der Waals surface area contributed by atoms with E-state index >= 15 is 0 Å². The smallest absolute Gasteiger partial charge is 0.481 e. The second-order valence-corrected chi connectivity index (χ2v) is 8.81. The molecule has 1 heterocycles. The fourth-order valence-corrected chi connectivity index (χ4v) is 4.90. The van der Waals surface area contributed by atoms with Crippen LogP contribution in [-0.2, 0) is 23.2 Å². The molecule has 1 fully saturated rings. The number of rotatable bonds is 7. The highest BCUT2D eigenvalue weighted by Gasteiger charge is 2.48. The highest BCUT2D eigenvalue weighted by molar-refractivity contribution is 6.83. The number of benzene rings is 1. The molecule has 0 radical (unpaired) electrons. The number of carbonyl (C=O) groups is 2. The first-order chi connectivity index (χ1) is 11.0. The summed E-state index contributed by atoms with van der Waals surface area (Å²) in [6.07, 6.45) is 1.06. The van der Waals surface area contributed by atoms with Crippen molar-refractivity contribution in [2.45, 2.75) is 26.7 Å². The van der Waals surface area contributed by atoms with Crippen LogP contribution in [0.25, 0.3) is 0 Å². The molecule has 0 aliphatic carbocycles. The molecular weight excluding hydrogens is 314 g/mol. The van der Waals surface area contributed by atoms with Crippen LogP contribution >= 0.6 is 0 Å². The van der Waals surface area contributed by atoms with Crippen molar-refractivity contribution in [3.8, 4) is 0 Å². The van der Waals surface area contributed by atoms with Crippen LogP contribution in [0.5, 0.6) is 0 Å². The van der Waals surface area contributed by atoms with Crippen molar-refractivity contribution in [2.24, 2.45) is 11.1 Å². The van der Waals surface area contributed by atoms with Crippen LogP contribution in [0.1, 0.15) is 26.7 Å². The lowest BCUT2D eigenvalue weighted by Gasteiger charge is -2.40. The van der Waals surface area contributed by atoms with Gasteiger partial charge in [0.2, 0.25) is 0 Å². The highest BCUT2D eigenvalue weighted by atomic mass is 28.4. The molecule has 0 aromatic heterocycles. The first kappa shape index (κ1) is 17.6. The zero-order valence-electron chi connectivity index (χ0n) is 13.5. The number of nitrogens with two attached hydrogens (primary N) is 1. The summed E-state index contributed by atoms with van der Waals surface area (Å²) in [4.78, 5) is 24.0.